The van der Waals surface area contributed by atoms with Crippen molar-refractivity contribution in [1.82, 2.24) is 20.1 Å². The second-order valence-corrected chi connectivity index (χ2v) is 6.29. The molecule has 2 N–H and O–H groups in total. The Kier molecular flexibility index (Phi) is 4.35. The van der Waals surface area contributed by atoms with E-state index in [1.165, 1.54) is 0 Å². The monoisotopic (exact) mass is 330 g/mol. The molecule has 0 spiro atoms. The summed E-state index contributed by atoms with van der Waals surface area (Å²) < 4.78 is 1.68. The van der Waals surface area contributed by atoms with E-state index >= 15 is 0 Å². The fraction of sp³-hybridized carbons (Fsp3) is 0.294. The summed E-state index contributed by atoms with van der Waals surface area (Å²) in [6, 6.07) is 7.67. The van der Waals surface area contributed by atoms with Crippen molar-refractivity contribution >= 4 is 22.5 Å². The van der Waals surface area contributed by atoms with Gasteiger partial charge in [-0.15, -0.1) is 0 Å². The lowest BCUT2D eigenvalue weighted by atomic mass is 9.99. The molecule has 0 bridgehead atoms. The summed E-state index contributed by atoms with van der Waals surface area (Å²) in [5.41, 5.74) is 1.73. The number of hydrogen-bond donors (Lipinski definition) is 2. The topological polar surface area (TPSA) is 63.0 Å². The highest BCUT2D eigenvalue weighted by atomic mass is 35.5. The molecular weight excluding hydrogens is 312 g/mol. The van der Waals surface area contributed by atoms with Gasteiger partial charge in [0.05, 0.1) is 11.7 Å². The quantitative estimate of drug-likeness (QED) is 0.755. The van der Waals surface area contributed by atoms with Gasteiger partial charge in [0.1, 0.15) is 5.60 Å². The van der Waals surface area contributed by atoms with Crippen molar-refractivity contribution in [2.24, 2.45) is 7.05 Å². The van der Waals surface area contributed by atoms with Crippen LogP contribution in [0.1, 0.15) is 18.1 Å². The number of aromatic nitrogens is 3. The van der Waals surface area contributed by atoms with Gasteiger partial charge >= 0.3 is 0 Å². The molecule has 0 radical (unpaired) electrons. The van der Waals surface area contributed by atoms with Crippen molar-refractivity contribution in [3.8, 4) is 0 Å². The first kappa shape index (κ1) is 15.9. The van der Waals surface area contributed by atoms with E-state index in [1.807, 2.05) is 37.5 Å². The van der Waals surface area contributed by atoms with Crippen molar-refractivity contribution in [2.45, 2.75) is 19.1 Å². The Balaban J connectivity index is 1.73. The molecule has 0 saturated heterocycles. The standard InChI is InChI=1S/C17H19ClN4O/c1-17(23,13-9-21-22(2)10-13)11-19-8-12-5-6-15(18)14-4-3-7-20-16(12)14/h3-7,9-10,19,23H,8,11H2,1-2H3. The molecule has 3 rings (SSSR count). The van der Waals surface area contributed by atoms with Gasteiger partial charge in [-0.25, -0.2) is 0 Å². The third kappa shape index (κ3) is 3.37. The summed E-state index contributed by atoms with van der Waals surface area (Å²) in [7, 11) is 1.83. The summed E-state index contributed by atoms with van der Waals surface area (Å²) in [6.45, 7) is 2.78. The molecule has 1 aromatic carbocycles. The molecule has 0 aliphatic heterocycles. The van der Waals surface area contributed by atoms with Gasteiger partial charge < -0.3 is 10.4 Å². The smallest absolute Gasteiger partial charge is 0.102 e. The molecule has 0 aliphatic rings. The number of hydrogen-bond acceptors (Lipinski definition) is 4. The van der Waals surface area contributed by atoms with Gasteiger partial charge in [-0.2, -0.15) is 5.10 Å². The Morgan fingerprint density at radius 1 is 1.35 bits per heavy atom. The molecular formula is C17H19ClN4O. The number of nitrogens with one attached hydrogen (secondary N) is 1. The first-order chi connectivity index (χ1) is 11.0. The number of benzene rings is 1. The van der Waals surface area contributed by atoms with E-state index in [9.17, 15) is 5.11 Å². The molecule has 2 aromatic heterocycles. The van der Waals surface area contributed by atoms with Crippen molar-refractivity contribution < 1.29 is 5.11 Å². The Hall–Kier alpha value is -1.95. The van der Waals surface area contributed by atoms with Gasteiger partial charge in [-0.3, -0.25) is 9.67 Å². The molecule has 23 heavy (non-hydrogen) atoms. The van der Waals surface area contributed by atoms with E-state index in [-0.39, 0.29) is 0 Å². The number of pyridine rings is 1. The van der Waals surface area contributed by atoms with Gasteiger partial charge in [-0.1, -0.05) is 17.7 Å². The Labute approximate surface area is 139 Å². The molecule has 0 fully saturated rings. The maximum Gasteiger partial charge on any atom is 0.102 e. The Morgan fingerprint density at radius 3 is 2.91 bits per heavy atom. The highest BCUT2D eigenvalue weighted by molar-refractivity contribution is 6.35. The molecule has 5 nitrogen and oxygen atoms in total. The predicted octanol–water partition coefficient (Wildman–Crippen LogP) is 2.62. The summed E-state index contributed by atoms with van der Waals surface area (Å²) in [5, 5.41) is 19.6. The normalized spacial score (nSPS) is 14.1. The number of rotatable bonds is 5. The van der Waals surface area contributed by atoms with Crippen LogP contribution in [0.3, 0.4) is 0 Å². The maximum absolute atomic E-state index is 10.6. The van der Waals surface area contributed by atoms with Crippen LogP contribution in [0.2, 0.25) is 5.02 Å². The fourth-order valence-electron chi connectivity index (χ4n) is 2.58. The average Bonchev–Trinajstić information content (AvgIpc) is 2.97. The first-order valence-corrected chi connectivity index (χ1v) is 7.79. The van der Waals surface area contributed by atoms with E-state index in [2.05, 4.69) is 15.4 Å². The summed E-state index contributed by atoms with van der Waals surface area (Å²) >= 11 is 6.21. The molecule has 0 aliphatic carbocycles. The molecule has 2 heterocycles. The van der Waals surface area contributed by atoms with E-state index < -0.39 is 5.60 Å². The molecule has 0 amide bonds. The number of halogens is 1. The second-order valence-electron chi connectivity index (χ2n) is 5.89. The maximum atomic E-state index is 10.6. The summed E-state index contributed by atoms with van der Waals surface area (Å²) in [6.07, 6.45) is 5.26. The molecule has 0 saturated carbocycles. The number of fused-ring (bicyclic) bond motifs is 1. The highest BCUT2D eigenvalue weighted by Gasteiger charge is 2.24. The second kappa shape index (κ2) is 6.28. The number of aryl methyl sites for hydroxylation is 1. The van der Waals surface area contributed by atoms with Crippen LogP contribution in [0.15, 0.2) is 42.9 Å². The van der Waals surface area contributed by atoms with Crippen molar-refractivity contribution in [1.29, 1.82) is 0 Å². The minimum absolute atomic E-state index is 0.412. The minimum atomic E-state index is -0.982. The summed E-state index contributed by atoms with van der Waals surface area (Å²) in [5.74, 6) is 0. The third-order valence-corrected chi connectivity index (χ3v) is 4.24. The van der Waals surface area contributed by atoms with Gasteiger partial charge in [0.2, 0.25) is 0 Å². The highest BCUT2D eigenvalue weighted by Crippen LogP contribution is 2.25. The van der Waals surface area contributed by atoms with Crippen LogP contribution in [-0.4, -0.2) is 26.4 Å². The average molecular weight is 331 g/mol. The van der Waals surface area contributed by atoms with Crippen molar-refractivity contribution in [2.75, 3.05) is 6.54 Å². The van der Waals surface area contributed by atoms with Gasteiger partial charge in [0.15, 0.2) is 0 Å². The third-order valence-electron chi connectivity index (χ3n) is 3.91. The van der Waals surface area contributed by atoms with Crippen LogP contribution >= 0.6 is 11.6 Å². The van der Waals surface area contributed by atoms with Crippen molar-refractivity contribution in [3.63, 3.8) is 0 Å². The van der Waals surface area contributed by atoms with Crippen LogP contribution in [0, 0.1) is 0 Å². The van der Waals surface area contributed by atoms with Gasteiger partial charge in [0.25, 0.3) is 0 Å². The number of aliphatic hydroxyl groups is 1. The lowest BCUT2D eigenvalue weighted by Crippen LogP contribution is -2.34. The van der Waals surface area contributed by atoms with Crippen LogP contribution in [0.4, 0.5) is 0 Å². The number of nitrogens with zero attached hydrogens (tertiary/aromatic N) is 3. The van der Waals surface area contributed by atoms with E-state index in [0.717, 1.165) is 22.0 Å². The molecule has 6 heteroatoms. The zero-order valence-corrected chi connectivity index (χ0v) is 13.9. The lowest BCUT2D eigenvalue weighted by Gasteiger charge is -2.22. The molecule has 120 valence electrons. The predicted molar refractivity (Wildman–Crippen MR) is 91.2 cm³/mol. The van der Waals surface area contributed by atoms with Crippen LogP contribution in [-0.2, 0) is 19.2 Å². The summed E-state index contributed by atoms with van der Waals surface area (Å²) in [4.78, 5) is 4.42. The van der Waals surface area contributed by atoms with Crippen LogP contribution in [0.5, 0.6) is 0 Å². The molecule has 1 atom stereocenters. The van der Waals surface area contributed by atoms with Gasteiger partial charge in [0, 0.05) is 48.5 Å². The zero-order valence-electron chi connectivity index (χ0n) is 13.1. The minimum Gasteiger partial charge on any atom is -0.384 e. The molecule has 3 aromatic rings. The first-order valence-electron chi connectivity index (χ1n) is 7.42. The van der Waals surface area contributed by atoms with E-state index in [1.54, 1.807) is 24.0 Å². The van der Waals surface area contributed by atoms with Crippen molar-refractivity contribution in [3.05, 3.63) is 59.0 Å². The largest absolute Gasteiger partial charge is 0.384 e. The lowest BCUT2D eigenvalue weighted by molar-refractivity contribution is 0.0566. The van der Waals surface area contributed by atoms with Crippen LogP contribution < -0.4 is 5.32 Å². The SMILES string of the molecule is Cn1cc(C(C)(O)CNCc2ccc(Cl)c3cccnc23)cn1. The van der Waals surface area contributed by atoms with E-state index in [0.29, 0.717) is 18.1 Å². The zero-order chi connectivity index (χ0) is 16.4. The van der Waals surface area contributed by atoms with E-state index in [4.69, 9.17) is 11.6 Å². The van der Waals surface area contributed by atoms with Gasteiger partial charge in [-0.05, 0) is 30.7 Å². The van der Waals surface area contributed by atoms with Crippen LogP contribution in [0.25, 0.3) is 10.9 Å². The Bertz CT molecular complexity index is 828. The molecule has 1 unspecified atom stereocenters. The fourth-order valence-corrected chi connectivity index (χ4v) is 2.80. The Morgan fingerprint density at radius 2 is 2.17 bits per heavy atom.